The molecule has 3 rings (SSSR count). The summed E-state index contributed by atoms with van der Waals surface area (Å²) >= 11 is 0. The molecular weight excluding hydrogens is 277 g/mol. The van der Waals surface area contributed by atoms with Crippen LogP contribution in [0.25, 0.3) is 0 Å². The molecule has 1 fully saturated rings. The van der Waals surface area contributed by atoms with E-state index in [4.69, 9.17) is 9.31 Å². The van der Waals surface area contributed by atoms with Gasteiger partial charge in [-0.2, -0.15) is 5.10 Å². The van der Waals surface area contributed by atoms with Crippen LogP contribution in [0.2, 0.25) is 0 Å². The predicted octanol–water partition coefficient (Wildman–Crippen LogP) is 2.19. The second-order valence-corrected chi connectivity index (χ2v) is 6.77. The zero-order valence-corrected chi connectivity index (χ0v) is 13.8. The van der Waals surface area contributed by atoms with Crippen LogP contribution in [0, 0.1) is 0 Å². The van der Waals surface area contributed by atoms with Crippen molar-refractivity contribution in [3.63, 3.8) is 0 Å². The van der Waals surface area contributed by atoms with Crippen molar-refractivity contribution in [2.45, 2.75) is 51.9 Å². The molecule has 2 aromatic rings. The number of hydrogen-bond donors (Lipinski definition) is 0. The molecule has 0 spiro atoms. The number of pyridine rings is 1. The molecule has 3 heterocycles. The second kappa shape index (κ2) is 5.21. The summed E-state index contributed by atoms with van der Waals surface area (Å²) in [5.41, 5.74) is 1.23. The number of rotatable bonds is 3. The second-order valence-electron chi connectivity index (χ2n) is 6.77. The Morgan fingerprint density at radius 2 is 1.82 bits per heavy atom. The normalized spacial score (nSPS) is 21.0. The van der Waals surface area contributed by atoms with Gasteiger partial charge in [-0.1, -0.05) is 6.07 Å². The van der Waals surface area contributed by atoms with Gasteiger partial charge < -0.3 is 9.31 Å². The molecule has 1 saturated heterocycles. The maximum Gasteiger partial charge on any atom is 0.498 e. The highest BCUT2D eigenvalue weighted by atomic mass is 16.7. The largest absolute Gasteiger partial charge is 0.498 e. The van der Waals surface area contributed by atoms with Crippen LogP contribution in [0.1, 0.15) is 46.4 Å². The van der Waals surface area contributed by atoms with E-state index in [9.17, 15) is 0 Å². The van der Waals surface area contributed by atoms with E-state index in [1.807, 2.05) is 63.0 Å². The summed E-state index contributed by atoms with van der Waals surface area (Å²) in [5, 5.41) is 4.45. The van der Waals surface area contributed by atoms with Crippen LogP contribution in [0.3, 0.4) is 0 Å². The summed E-state index contributed by atoms with van der Waals surface area (Å²) in [6, 6.07) is 5.96. The smallest absolute Gasteiger partial charge is 0.399 e. The van der Waals surface area contributed by atoms with Crippen molar-refractivity contribution in [1.82, 2.24) is 14.8 Å². The molecule has 0 saturated carbocycles. The lowest BCUT2D eigenvalue weighted by molar-refractivity contribution is 0.00578. The van der Waals surface area contributed by atoms with Gasteiger partial charge >= 0.3 is 7.12 Å². The average Bonchev–Trinajstić information content (AvgIpc) is 3.03. The Balaban J connectivity index is 1.81. The van der Waals surface area contributed by atoms with E-state index in [-0.39, 0.29) is 24.4 Å². The molecular formula is C16H22BN3O2. The maximum atomic E-state index is 6.06. The quantitative estimate of drug-likeness (QED) is 0.815. The molecule has 0 N–H and O–H groups in total. The Morgan fingerprint density at radius 1 is 1.14 bits per heavy atom. The van der Waals surface area contributed by atoms with Crippen LogP contribution in [0.5, 0.6) is 0 Å². The zero-order valence-electron chi connectivity index (χ0n) is 13.8. The monoisotopic (exact) mass is 299 g/mol. The molecule has 1 unspecified atom stereocenters. The third-order valence-corrected chi connectivity index (χ3v) is 4.66. The van der Waals surface area contributed by atoms with E-state index < -0.39 is 0 Å². The maximum absolute atomic E-state index is 6.06. The third-order valence-electron chi connectivity index (χ3n) is 4.66. The van der Waals surface area contributed by atoms with Gasteiger partial charge in [0.1, 0.15) is 0 Å². The lowest BCUT2D eigenvalue weighted by Crippen LogP contribution is -2.41. The van der Waals surface area contributed by atoms with E-state index >= 15 is 0 Å². The molecule has 1 aliphatic rings. The highest BCUT2D eigenvalue weighted by Crippen LogP contribution is 2.36. The fourth-order valence-electron chi connectivity index (χ4n) is 2.42. The lowest BCUT2D eigenvalue weighted by Gasteiger charge is -2.32. The van der Waals surface area contributed by atoms with Gasteiger partial charge in [0.15, 0.2) is 0 Å². The highest BCUT2D eigenvalue weighted by molar-refractivity contribution is 6.62. The number of aromatic nitrogens is 3. The molecule has 0 radical (unpaired) electrons. The van der Waals surface area contributed by atoms with Crippen molar-refractivity contribution in [3.8, 4) is 0 Å². The van der Waals surface area contributed by atoms with Crippen molar-refractivity contribution in [2.24, 2.45) is 0 Å². The molecule has 1 atom stereocenters. The first-order valence-corrected chi connectivity index (χ1v) is 7.61. The average molecular weight is 299 g/mol. The molecule has 6 heteroatoms. The van der Waals surface area contributed by atoms with Crippen molar-refractivity contribution in [1.29, 1.82) is 0 Å². The molecule has 116 valence electrons. The molecule has 2 aromatic heterocycles. The SMILES string of the molecule is CC(c1ccccn1)n1cc(B2OC(C)(C)C(C)(C)O2)cn1. The molecule has 0 aliphatic carbocycles. The molecule has 22 heavy (non-hydrogen) atoms. The van der Waals surface area contributed by atoms with Gasteiger partial charge in [-0.15, -0.1) is 0 Å². The van der Waals surface area contributed by atoms with E-state index in [0.29, 0.717) is 0 Å². The molecule has 1 aliphatic heterocycles. The summed E-state index contributed by atoms with van der Waals surface area (Å²) in [6.45, 7) is 10.3. The Labute approximate surface area is 131 Å². The summed E-state index contributed by atoms with van der Waals surface area (Å²) < 4.78 is 14.0. The van der Waals surface area contributed by atoms with E-state index in [0.717, 1.165) is 11.2 Å². The van der Waals surface area contributed by atoms with Crippen LogP contribution in [-0.2, 0) is 9.31 Å². The summed E-state index contributed by atoms with van der Waals surface area (Å²) in [7, 11) is -0.380. The summed E-state index contributed by atoms with van der Waals surface area (Å²) in [4.78, 5) is 4.38. The van der Waals surface area contributed by atoms with Crippen LogP contribution in [-0.4, -0.2) is 33.1 Å². The molecule has 0 amide bonds. The van der Waals surface area contributed by atoms with Gasteiger partial charge in [0.2, 0.25) is 0 Å². The molecule has 5 nitrogen and oxygen atoms in total. The Kier molecular flexibility index (Phi) is 3.61. The van der Waals surface area contributed by atoms with Gasteiger partial charge in [0.05, 0.1) is 22.9 Å². The fraction of sp³-hybridized carbons (Fsp3) is 0.500. The van der Waals surface area contributed by atoms with Crippen LogP contribution < -0.4 is 5.46 Å². The minimum absolute atomic E-state index is 0.0670. The van der Waals surface area contributed by atoms with Crippen LogP contribution in [0.15, 0.2) is 36.8 Å². The van der Waals surface area contributed by atoms with Gasteiger partial charge in [-0.3, -0.25) is 9.67 Å². The van der Waals surface area contributed by atoms with Gasteiger partial charge in [0.25, 0.3) is 0 Å². The molecule has 0 bridgehead atoms. The van der Waals surface area contributed by atoms with E-state index in [1.165, 1.54) is 0 Å². The van der Waals surface area contributed by atoms with Crippen molar-refractivity contribution in [2.75, 3.05) is 0 Å². The third kappa shape index (κ3) is 2.57. The van der Waals surface area contributed by atoms with Crippen LogP contribution in [0.4, 0.5) is 0 Å². The Bertz CT molecular complexity index is 638. The van der Waals surface area contributed by atoms with E-state index in [1.54, 1.807) is 6.20 Å². The predicted molar refractivity (Wildman–Crippen MR) is 86.0 cm³/mol. The number of nitrogens with zero attached hydrogens (tertiary/aromatic N) is 3. The Hall–Kier alpha value is -1.66. The van der Waals surface area contributed by atoms with Gasteiger partial charge in [-0.25, -0.2) is 0 Å². The summed E-state index contributed by atoms with van der Waals surface area (Å²) in [5.74, 6) is 0. The van der Waals surface area contributed by atoms with E-state index in [2.05, 4.69) is 17.0 Å². The standard InChI is InChI=1S/C16H22BN3O2/c1-12(14-8-6-7-9-18-14)20-11-13(10-19-20)17-21-15(2,3)16(4,5)22-17/h6-12H,1-5H3. The lowest BCUT2D eigenvalue weighted by atomic mass is 9.82. The first kappa shape index (κ1) is 15.2. The topological polar surface area (TPSA) is 49.2 Å². The van der Waals surface area contributed by atoms with Crippen LogP contribution >= 0.6 is 0 Å². The highest BCUT2D eigenvalue weighted by Gasteiger charge is 2.52. The van der Waals surface area contributed by atoms with Gasteiger partial charge in [-0.05, 0) is 46.8 Å². The Morgan fingerprint density at radius 3 is 2.41 bits per heavy atom. The first-order valence-electron chi connectivity index (χ1n) is 7.61. The van der Waals surface area contributed by atoms with Gasteiger partial charge in [0, 0.05) is 24.1 Å². The number of hydrogen-bond acceptors (Lipinski definition) is 4. The minimum Gasteiger partial charge on any atom is -0.399 e. The zero-order chi connectivity index (χ0) is 16.0. The van der Waals surface area contributed by atoms with Crippen molar-refractivity contribution >= 4 is 12.6 Å². The minimum atomic E-state index is -0.380. The first-order chi connectivity index (χ1) is 10.3. The molecule has 0 aromatic carbocycles. The van der Waals surface area contributed by atoms with Crippen molar-refractivity contribution in [3.05, 3.63) is 42.5 Å². The van der Waals surface area contributed by atoms with Crippen molar-refractivity contribution < 1.29 is 9.31 Å². The summed E-state index contributed by atoms with van der Waals surface area (Å²) in [6.07, 6.45) is 5.58. The fourth-order valence-corrected chi connectivity index (χ4v) is 2.42.